The molecule has 0 radical (unpaired) electrons. The number of ether oxygens (including phenoxy) is 1. The van der Waals surface area contributed by atoms with E-state index in [0.717, 1.165) is 6.42 Å². The molecule has 1 unspecified atom stereocenters. The third kappa shape index (κ3) is 4.32. The Kier molecular flexibility index (Phi) is 5.94. The highest BCUT2D eigenvalue weighted by Crippen LogP contribution is 2.29. The first-order valence-electron chi connectivity index (χ1n) is 6.08. The van der Waals surface area contributed by atoms with Gasteiger partial charge >= 0.3 is 5.69 Å². The summed E-state index contributed by atoms with van der Waals surface area (Å²) in [4.78, 5) is 18.5. The predicted octanol–water partition coefficient (Wildman–Crippen LogP) is 1.65. The Morgan fingerprint density at radius 2 is 2.16 bits per heavy atom. The van der Waals surface area contributed by atoms with Crippen molar-refractivity contribution in [2.45, 2.75) is 26.3 Å². The van der Waals surface area contributed by atoms with Gasteiger partial charge in [-0.15, -0.1) is 0 Å². The lowest BCUT2D eigenvalue weighted by atomic mass is 10.2. The molecule has 0 aliphatic heterocycles. The third-order valence-corrected chi connectivity index (χ3v) is 2.49. The molecule has 1 aromatic heterocycles. The van der Waals surface area contributed by atoms with Gasteiger partial charge in [0.25, 0.3) is 0 Å². The zero-order valence-electron chi connectivity index (χ0n) is 11.3. The molecule has 2 N–H and O–H groups in total. The molecule has 1 aromatic rings. The van der Waals surface area contributed by atoms with Crippen LogP contribution in [-0.4, -0.2) is 41.2 Å². The molecule has 0 aliphatic carbocycles. The number of rotatable bonds is 8. The minimum atomic E-state index is -0.483. The lowest BCUT2D eigenvalue weighted by Crippen LogP contribution is -2.19. The van der Waals surface area contributed by atoms with Gasteiger partial charge in [-0.1, -0.05) is 0 Å². The fourth-order valence-corrected chi connectivity index (χ4v) is 1.55. The van der Waals surface area contributed by atoms with Crippen LogP contribution in [0.5, 0.6) is 0 Å². The smallest absolute Gasteiger partial charge is 0.353 e. The first-order chi connectivity index (χ1) is 9.10. The number of aromatic nitrogens is 2. The second-order valence-electron chi connectivity index (χ2n) is 4.03. The van der Waals surface area contributed by atoms with E-state index in [1.807, 2.05) is 13.8 Å². The number of anilines is 2. The van der Waals surface area contributed by atoms with Crippen LogP contribution in [0, 0.1) is 10.1 Å². The summed E-state index contributed by atoms with van der Waals surface area (Å²) >= 11 is 0. The molecule has 8 nitrogen and oxygen atoms in total. The maximum atomic E-state index is 11.1. The van der Waals surface area contributed by atoms with Crippen molar-refractivity contribution >= 4 is 17.3 Å². The van der Waals surface area contributed by atoms with Crippen LogP contribution in [0.1, 0.15) is 20.3 Å². The minimum Gasteiger partial charge on any atom is -0.385 e. The van der Waals surface area contributed by atoms with E-state index in [-0.39, 0.29) is 23.4 Å². The van der Waals surface area contributed by atoms with Crippen LogP contribution in [0.25, 0.3) is 0 Å². The minimum absolute atomic E-state index is 0.0167. The second kappa shape index (κ2) is 7.47. The van der Waals surface area contributed by atoms with Gasteiger partial charge < -0.3 is 15.4 Å². The van der Waals surface area contributed by atoms with Crippen LogP contribution in [0.4, 0.5) is 17.3 Å². The standard InChI is InChI=1S/C11H19N5O3/c1-4-12-10-9(16(17)18)11(14-7-13-10)15-8(2)5-6-19-3/h7-8H,4-6H2,1-3H3,(H2,12,13,14,15). The summed E-state index contributed by atoms with van der Waals surface area (Å²) in [7, 11) is 1.61. The van der Waals surface area contributed by atoms with Crippen molar-refractivity contribution in [2.24, 2.45) is 0 Å². The summed E-state index contributed by atoms with van der Waals surface area (Å²) in [6.07, 6.45) is 2.03. The third-order valence-electron chi connectivity index (χ3n) is 2.49. The summed E-state index contributed by atoms with van der Waals surface area (Å²) in [5, 5.41) is 17.0. The highest BCUT2D eigenvalue weighted by molar-refractivity contribution is 5.69. The molecule has 1 heterocycles. The van der Waals surface area contributed by atoms with Crippen LogP contribution in [0.15, 0.2) is 6.33 Å². The number of nitrogens with one attached hydrogen (secondary N) is 2. The van der Waals surface area contributed by atoms with Gasteiger partial charge in [0.2, 0.25) is 11.6 Å². The van der Waals surface area contributed by atoms with E-state index >= 15 is 0 Å². The van der Waals surface area contributed by atoms with Crippen LogP contribution < -0.4 is 10.6 Å². The monoisotopic (exact) mass is 269 g/mol. The van der Waals surface area contributed by atoms with Crippen molar-refractivity contribution < 1.29 is 9.66 Å². The molecule has 0 amide bonds. The normalized spacial score (nSPS) is 11.9. The molecule has 0 bridgehead atoms. The lowest BCUT2D eigenvalue weighted by Gasteiger charge is -2.14. The molecule has 106 valence electrons. The van der Waals surface area contributed by atoms with Gasteiger partial charge in [0.05, 0.1) is 4.92 Å². The molecular formula is C11H19N5O3. The van der Waals surface area contributed by atoms with Gasteiger partial charge in [-0.25, -0.2) is 9.97 Å². The molecule has 0 aromatic carbocycles. The Balaban J connectivity index is 2.93. The summed E-state index contributed by atoms with van der Waals surface area (Å²) in [6.45, 7) is 4.89. The van der Waals surface area contributed by atoms with Crippen LogP contribution in [0.2, 0.25) is 0 Å². The molecule has 1 atom stereocenters. The van der Waals surface area contributed by atoms with Gasteiger partial charge in [-0.3, -0.25) is 10.1 Å². The van der Waals surface area contributed by atoms with Gasteiger partial charge in [-0.05, 0) is 20.3 Å². The Bertz CT molecular complexity index is 427. The molecule has 1 rings (SSSR count). The molecule has 19 heavy (non-hydrogen) atoms. The lowest BCUT2D eigenvalue weighted by molar-refractivity contribution is -0.383. The average Bonchev–Trinajstić information content (AvgIpc) is 2.36. The number of hydrogen-bond donors (Lipinski definition) is 2. The van der Waals surface area contributed by atoms with Crippen molar-refractivity contribution in [3.63, 3.8) is 0 Å². The zero-order chi connectivity index (χ0) is 14.3. The van der Waals surface area contributed by atoms with Crippen LogP contribution in [-0.2, 0) is 4.74 Å². The van der Waals surface area contributed by atoms with Crippen LogP contribution in [0.3, 0.4) is 0 Å². The highest BCUT2D eigenvalue weighted by atomic mass is 16.6. The number of methoxy groups -OCH3 is 1. The molecule has 0 fully saturated rings. The van der Waals surface area contributed by atoms with E-state index in [2.05, 4.69) is 20.6 Å². The van der Waals surface area contributed by atoms with Crippen LogP contribution >= 0.6 is 0 Å². The van der Waals surface area contributed by atoms with Crippen molar-refractivity contribution in [1.82, 2.24) is 9.97 Å². The number of nitro groups is 1. The van der Waals surface area contributed by atoms with E-state index in [1.54, 1.807) is 7.11 Å². The maximum absolute atomic E-state index is 11.1. The zero-order valence-corrected chi connectivity index (χ0v) is 11.3. The Morgan fingerprint density at radius 1 is 1.47 bits per heavy atom. The molecule has 0 aliphatic rings. The molecule has 0 saturated carbocycles. The van der Waals surface area contributed by atoms with E-state index in [0.29, 0.717) is 13.2 Å². The second-order valence-corrected chi connectivity index (χ2v) is 4.03. The summed E-state index contributed by atoms with van der Waals surface area (Å²) < 4.78 is 4.97. The average molecular weight is 269 g/mol. The predicted molar refractivity (Wildman–Crippen MR) is 72.4 cm³/mol. The SMILES string of the molecule is CCNc1ncnc(NC(C)CCOC)c1[N+](=O)[O-]. The number of hydrogen-bond acceptors (Lipinski definition) is 7. The summed E-state index contributed by atoms with van der Waals surface area (Å²) in [6, 6.07) is 0.0167. The first-order valence-corrected chi connectivity index (χ1v) is 6.08. The largest absolute Gasteiger partial charge is 0.385 e. The molecule has 8 heteroatoms. The fraction of sp³-hybridized carbons (Fsp3) is 0.636. The summed E-state index contributed by atoms with van der Waals surface area (Å²) in [5.41, 5.74) is -0.131. The molecule has 0 saturated heterocycles. The van der Waals surface area contributed by atoms with Crippen molar-refractivity contribution in [1.29, 1.82) is 0 Å². The quantitative estimate of drug-likeness (QED) is 0.546. The number of nitrogens with zero attached hydrogens (tertiary/aromatic N) is 3. The van der Waals surface area contributed by atoms with Crippen molar-refractivity contribution in [3.05, 3.63) is 16.4 Å². The van der Waals surface area contributed by atoms with E-state index in [4.69, 9.17) is 4.74 Å². The van der Waals surface area contributed by atoms with Gasteiger partial charge in [0.1, 0.15) is 6.33 Å². The van der Waals surface area contributed by atoms with Crippen molar-refractivity contribution in [3.8, 4) is 0 Å². The van der Waals surface area contributed by atoms with E-state index in [1.165, 1.54) is 6.33 Å². The highest BCUT2D eigenvalue weighted by Gasteiger charge is 2.23. The molecule has 0 spiro atoms. The topological polar surface area (TPSA) is 102 Å². The Hall–Kier alpha value is -1.96. The fourth-order valence-electron chi connectivity index (χ4n) is 1.55. The molecular weight excluding hydrogens is 250 g/mol. The first kappa shape index (κ1) is 15.1. The maximum Gasteiger partial charge on any atom is 0.353 e. The van der Waals surface area contributed by atoms with E-state index < -0.39 is 4.92 Å². The van der Waals surface area contributed by atoms with Gasteiger partial charge in [0, 0.05) is 26.3 Å². The Labute approximate surface area is 111 Å². The van der Waals surface area contributed by atoms with Gasteiger partial charge in [0.15, 0.2) is 0 Å². The van der Waals surface area contributed by atoms with Gasteiger partial charge in [-0.2, -0.15) is 0 Å². The summed E-state index contributed by atoms with van der Waals surface area (Å²) in [5.74, 6) is 0.448. The van der Waals surface area contributed by atoms with Crippen molar-refractivity contribution in [2.75, 3.05) is 30.9 Å². The van der Waals surface area contributed by atoms with E-state index in [9.17, 15) is 10.1 Å². The Morgan fingerprint density at radius 3 is 2.74 bits per heavy atom.